The van der Waals surface area contributed by atoms with Crippen LogP contribution in [0.5, 0.6) is 11.5 Å². The van der Waals surface area contributed by atoms with Gasteiger partial charge in [0.1, 0.15) is 6.61 Å². The Morgan fingerprint density at radius 2 is 1.67 bits per heavy atom. The fraction of sp³-hybridized carbons (Fsp3) is 0.250. The van der Waals surface area contributed by atoms with Gasteiger partial charge >= 0.3 is 0 Å². The number of carbonyl (C=O) groups excluding carboxylic acids is 1. The van der Waals surface area contributed by atoms with Crippen LogP contribution in [0.4, 0.5) is 5.69 Å². The van der Waals surface area contributed by atoms with Crippen LogP contribution in [-0.4, -0.2) is 19.1 Å². The van der Waals surface area contributed by atoms with Gasteiger partial charge in [0.05, 0.1) is 12.3 Å². The SMILES string of the molecule is CCOc1cc(/C=C2\C(=O)N(CC(C)C)c3ccccc32)c(Br)cc1OCc1ccccc1. The Hall–Kier alpha value is -3.05. The van der Waals surface area contributed by atoms with Crippen LogP contribution < -0.4 is 14.4 Å². The lowest BCUT2D eigenvalue weighted by atomic mass is 10.0. The molecule has 0 spiro atoms. The van der Waals surface area contributed by atoms with Crippen molar-refractivity contribution in [2.45, 2.75) is 27.4 Å². The molecule has 0 saturated heterocycles. The first kappa shape index (κ1) is 23.1. The molecule has 1 heterocycles. The van der Waals surface area contributed by atoms with Gasteiger partial charge < -0.3 is 14.4 Å². The van der Waals surface area contributed by atoms with E-state index in [9.17, 15) is 4.79 Å². The van der Waals surface area contributed by atoms with E-state index < -0.39 is 0 Å². The van der Waals surface area contributed by atoms with E-state index in [2.05, 4.69) is 29.8 Å². The van der Waals surface area contributed by atoms with Crippen LogP contribution in [0.15, 0.2) is 71.2 Å². The third kappa shape index (κ3) is 5.14. The molecule has 0 N–H and O–H groups in total. The summed E-state index contributed by atoms with van der Waals surface area (Å²) in [5, 5.41) is 0. The average Bonchev–Trinajstić information content (AvgIpc) is 3.06. The van der Waals surface area contributed by atoms with Crippen LogP contribution in [0.2, 0.25) is 0 Å². The molecule has 1 aliphatic rings. The maximum atomic E-state index is 13.3. The number of nitrogens with zero attached hydrogens (tertiary/aromatic N) is 1. The predicted molar refractivity (Wildman–Crippen MR) is 138 cm³/mol. The quantitative estimate of drug-likeness (QED) is 0.310. The molecule has 0 unspecified atom stereocenters. The smallest absolute Gasteiger partial charge is 0.259 e. The molecule has 170 valence electrons. The number of hydrogen-bond donors (Lipinski definition) is 0. The molecule has 4 nitrogen and oxygen atoms in total. The Balaban J connectivity index is 1.69. The van der Waals surface area contributed by atoms with Crippen molar-refractivity contribution in [3.8, 4) is 11.5 Å². The van der Waals surface area contributed by atoms with Crippen molar-refractivity contribution in [1.29, 1.82) is 0 Å². The zero-order chi connectivity index (χ0) is 23.4. The third-order valence-corrected chi connectivity index (χ3v) is 6.09. The van der Waals surface area contributed by atoms with Gasteiger partial charge in [0.15, 0.2) is 11.5 Å². The van der Waals surface area contributed by atoms with Gasteiger partial charge in [0.25, 0.3) is 5.91 Å². The number of carbonyl (C=O) groups is 1. The van der Waals surface area contributed by atoms with Crippen molar-refractivity contribution in [1.82, 2.24) is 0 Å². The molecule has 0 aliphatic carbocycles. The highest BCUT2D eigenvalue weighted by Crippen LogP contribution is 2.41. The monoisotopic (exact) mass is 505 g/mol. The van der Waals surface area contributed by atoms with Gasteiger partial charge in [-0.3, -0.25) is 4.79 Å². The Bertz CT molecular complexity index is 1170. The van der Waals surface area contributed by atoms with E-state index in [4.69, 9.17) is 9.47 Å². The number of rotatable bonds is 8. The number of benzene rings is 3. The molecule has 0 fully saturated rings. The summed E-state index contributed by atoms with van der Waals surface area (Å²) in [5.41, 5.74) is 4.56. The molecule has 0 radical (unpaired) electrons. The lowest BCUT2D eigenvalue weighted by molar-refractivity contribution is -0.113. The van der Waals surface area contributed by atoms with Crippen molar-refractivity contribution in [3.05, 3.63) is 87.9 Å². The van der Waals surface area contributed by atoms with Gasteiger partial charge in [0.2, 0.25) is 0 Å². The van der Waals surface area contributed by atoms with Gasteiger partial charge in [-0.15, -0.1) is 0 Å². The van der Waals surface area contributed by atoms with Crippen molar-refractivity contribution in [2.24, 2.45) is 5.92 Å². The van der Waals surface area contributed by atoms with Gasteiger partial charge in [-0.25, -0.2) is 0 Å². The molecule has 4 rings (SSSR count). The Kier molecular flexibility index (Phi) is 7.19. The molecule has 1 amide bonds. The molecular weight excluding hydrogens is 478 g/mol. The number of ether oxygens (including phenoxy) is 2. The van der Waals surface area contributed by atoms with E-state index in [0.29, 0.717) is 42.7 Å². The van der Waals surface area contributed by atoms with Crippen LogP contribution in [0.1, 0.15) is 37.5 Å². The van der Waals surface area contributed by atoms with E-state index in [1.807, 2.05) is 84.6 Å². The minimum absolute atomic E-state index is 0.0270. The van der Waals surface area contributed by atoms with Crippen LogP contribution in [0, 0.1) is 5.92 Å². The van der Waals surface area contributed by atoms with Crippen molar-refractivity contribution in [2.75, 3.05) is 18.1 Å². The van der Waals surface area contributed by atoms with Gasteiger partial charge in [-0.2, -0.15) is 0 Å². The highest BCUT2D eigenvalue weighted by molar-refractivity contribution is 9.10. The highest BCUT2D eigenvalue weighted by atomic mass is 79.9. The maximum Gasteiger partial charge on any atom is 0.259 e. The van der Waals surface area contributed by atoms with E-state index in [-0.39, 0.29) is 5.91 Å². The molecular formula is C28H28BrNO3. The molecule has 1 aliphatic heterocycles. The molecule has 0 bridgehead atoms. The summed E-state index contributed by atoms with van der Waals surface area (Å²) in [7, 11) is 0. The maximum absolute atomic E-state index is 13.3. The summed E-state index contributed by atoms with van der Waals surface area (Å²) in [6.45, 7) is 7.84. The van der Waals surface area contributed by atoms with Crippen LogP contribution in [0.3, 0.4) is 0 Å². The molecule has 5 heteroatoms. The molecule has 3 aromatic rings. The lowest BCUT2D eigenvalue weighted by Gasteiger charge is -2.19. The second kappa shape index (κ2) is 10.3. The summed E-state index contributed by atoms with van der Waals surface area (Å²) >= 11 is 3.68. The van der Waals surface area contributed by atoms with Crippen molar-refractivity contribution < 1.29 is 14.3 Å². The minimum atomic E-state index is 0.0270. The van der Waals surface area contributed by atoms with Crippen LogP contribution >= 0.6 is 15.9 Å². The van der Waals surface area contributed by atoms with E-state index in [1.54, 1.807) is 0 Å². The van der Waals surface area contributed by atoms with Gasteiger partial charge in [-0.05, 0) is 48.2 Å². The fourth-order valence-corrected chi connectivity index (χ4v) is 4.36. The predicted octanol–water partition coefficient (Wildman–Crippen LogP) is 6.97. The lowest BCUT2D eigenvalue weighted by Crippen LogP contribution is -2.30. The first-order valence-corrected chi connectivity index (χ1v) is 12.0. The number of anilines is 1. The molecule has 33 heavy (non-hydrogen) atoms. The number of fused-ring (bicyclic) bond motifs is 1. The van der Waals surface area contributed by atoms with Crippen molar-refractivity contribution >= 4 is 39.2 Å². The summed E-state index contributed by atoms with van der Waals surface area (Å²) in [4.78, 5) is 15.2. The minimum Gasteiger partial charge on any atom is -0.490 e. The second-order valence-corrected chi connectivity index (χ2v) is 9.27. The Morgan fingerprint density at radius 1 is 0.970 bits per heavy atom. The Morgan fingerprint density at radius 3 is 2.39 bits per heavy atom. The van der Waals surface area contributed by atoms with Gasteiger partial charge in [-0.1, -0.05) is 78.3 Å². The fourth-order valence-electron chi connectivity index (χ4n) is 3.93. The summed E-state index contributed by atoms with van der Waals surface area (Å²) < 4.78 is 12.8. The zero-order valence-corrected chi connectivity index (χ0v) is 20.8. The first-order valence-electron chi connectivity index (χ1n) is 11.2. The van der Waals surface area contributed by atoms with E-state index >= 15 is 0 Å². The van der Waals surface area contributed by atoms with Crippen LogP contribution in [0.25, 0.3) is 11.6 Å². The molecule has 3 aromatic carbocycles. The second-order valence-electron chi connectivity index (χ2n) is 8.41. The summed E-state index contributed by atoms with van der Waals surface area (Å²) in [6, 6.07) is 21.8. The third-order valence-electron chi connectivity index (χ3n) is 5.41. The summed E-state index contributed by atoms with van der Waals surface area (Å²) in [5.74, 6) is 1.72. The van der Waals surface area contributed by atoms with Crippen LogP contribution in [-0.2, 0) is 11.4 Å². The van der Waals surface area contributed by atoms with Gasteiger partial charge in [0, 0.05) is 22.2 Å². The molecule has 0 atom stereocenters. The highest BCUT2D eigenvalue weighted by Gasteiger charge is 2.32. The first-order chi connectivity index (χ1) is 16.0. The number of amides is 1. The number of hydrogen-bond acceptors (Lipinski definition) is 3. The Labute approximate surface area is 204 Å². The van der Waals surface area contributed by atoms with E-state index in [1.165, 1.54) is 0 Å². The molecule has 0 aromatic heterocycles. The van der Waals surface area contributed by atoms with Crippen molar-refractivity contribution in [3.63, 3.8) is 0 Å². The zero-order valence-electron chi connectivity index (χ0n) is 19.2. The molecule has 0 saturated carbocycles. The topological polar surface area (TPSA) is 38.8 Å². The average molecular weight is 506 g/mol. The number of halogens is 1. The largest absolute Gasteiger partial charge is 0.490 e. The number of para-hydroxylation sites is 1. The van der Waals surface area contributed by atoms with E-state index in [0.717, 1.165) is 26.9 Å². The normalized spacial score (nSPS) is 14.2. The standard InChI is InChI=1S/C28H28BrNO3/c1-4-32-26-15-21(24(29)16-27(26)33-18-20-10-6-5-7-11-20)14-23-22-12-8-9-13-25(22)30(28(23)31)17-19(2)3/h5-16,19H,4,17-18H2,1-3H3/b23-14-. The summed E-state index contributed by atoms with van der Waals surface area (Å²) in [6.07, 6.45) is 1.94.